The Morgan fingerprint density at radius 1 is 0.447 bits per heavy atom. The van der Waals surface area contributed by atoms with E-state index in [-0.39, 0.29) is 119 Å². The molecule has 0 aliphatic rings. The summed E-state index contributed by atoms with van der Waals surface area (Å²) in [7, 11) is 1.62. The van der Waals surface area contributed by atoms with Gasteiger partial charge >= 0.3 is 100 Å². The number of aryl methyl sites for hydroxylation is 16. The zero-order chi connectivity index (χ0) is 66.0. The first kappa shape index (κ1) is 95.8. The van der Waals surface area contributed by atoms with E-state index >= 15 is 0 Å². The van der Waals surface area contributed by atoms with Gasteiger partial charge in [0, 0.05) is 43.8 Å². The van der Waals surface area contributed by atoms with Crippen molar-refractivity contribution in [2.45, 2.75) is 117 Å². The Balaban J connectivity index is -0.000000325. The maximum atomic E-state index is 11.0. The number of nitrogens with zero attached hydrogens (tertiary/aromatic N) is 6. The standard InChI is InChI=1S/C12H10N3O2.C11H10N3O.C10H14O2.C10H12O2.C9H12O2.2C9H12.CO2.5Li.H2O/c1-7-3-4-8(2)9(5-7)10-13-6-14-11(15-10)12(16)17;1-7-3-4-8(2)9(5-7)10-12-6-13-11(15)14-10;1-8-4-5-9(2)10(6-8)12-7-11-3;1-7-3-4-8(2)9(5-7)6-10(11)12;1-7-3-4-8(2)9(5-7)11-6-10;2*1-7-4-5-8(2)9(3)6-7;2-1-3;;;;;;/h3-5H,1-2H3,(H,16,17);3-5H,1-2H3,(H,12,13,14,15);4-6H,7H2,1-3H3;3-5H,6H2,1-2H3,(H,11,12);3-5,10H,6H2,1-2H3;2*4-6H,1-3H3;;;;;;;1H2/q2*-1;;;;;;;5*+1;/p-4. The number of ether oxygens (including phenoxy) is 3. The SMILES string of the molecule is COCOc1cc(C)ccc1C.Cc1ccc(C)c(-c2n[c-]nc(C(=O)[O-])n2)c1.Cc1ccc(C)c(-c2n[c-]nc([O-])n2)c1.Cc1ccc(C)c(C)c1.Cc1ccc(C)c(C)c1.Cc1ccc(C)c(CC(=O)[O-])c1.Cc1ccc(C)c(OCO)c1.O=C=O.[Li+].[Li+].[Li+].[Li+].[Li+].[OH-]. The molecule has 94 heavy (non-hydrogen) atoms. The van der Waals surface area contributed by atoms with Gasteiger partial charge in [0.2, 0.25) is 0 Å². The van der Waals surface area contributed by atoms with E-state index in [1.165, 1.54) is 38.9 Å². The molecule has 7 aromatic carbocycles. The van der Waals surface area contributed by atoms with E-state index in [9.17, 15) is 24.9 Å². The number of hydrogen-bond acceptors (Lipinski definition) is 18. The molecule has 0 saturated carbocycles. The molecule has 23 heteroatoms. The third-order valence-electron chi connectivity index (χ3n) is 12.9. The zero-order valence-corrected chi connectivity index (χ0v) is 58.9. The number of carboxylic acid groups (broad SMARTS) is 2. The van der Waals surface area contributed by atoms with Gasteiger partial charge in [-0.1, -0.05) is 160 Å². The number of benzene rings is 7. The molecular formula is C71H80Li5N6O12-. The molecule has 9 aromatic rings. The van der Waals surface area contributed by atoms with Crippen molar-refractivity contribution in [1.82, 2.24) is 29.9 Å². The van der Waals surface area contributed by atoms with Crippen molar-refractivity contribution in [3.05, 3.63) is 240 Å². The number of aliphatic hydroxyl groups excluding tert-OH is 1. The summed E-state index contributed by atoms with van der Waals surface area (Å²) in [5.41, 5.74) is 21.4. The molecule has 0 saturated heterocycles. The van der Waals surface area contributed by atoms with Crippen molar-refractivity contribution in [2.24, 2.45) is 0 Å². The van der Waals surface area contributed by atoms with E-state index in [2.05, 4.69) is 127 Å². The number of methoxy groups -OCH3 is 1. The van der Waals surface area contributed by atoms with E-state index in [0.29, 0.717) is 18.4 Å². The van der Waals surface area contributed by atoms with E-state index < -0.39 is 23.8 Å². The van der Waals surface area contributed by atoms with Crippen LogP contribution in [0.1, 0.15) is 105 Å². The van der Waals surface area contributed by atoms with Crippen molar-refractivity contribution in [3.8, 4) is 40.3 Å². The molecule has 9 rings (SSSR count). The number of aliphatic carboxylic acids is 1. The van der Waals surface area contributed by atoms with Crippen molar-refractivity contribution in [2.75, 3.05) is 20.7 Å². The van der Waals surface area contributed by atoms with Crippen LogP contribution in [0.5, 0.6) is 17.5 Å². The van der Waals surface area contributed by atoms with E-state index in [0.717, 1.165) is 78.3 Å². The fourth-order valence-corrected chi connectivity index (χ4v) is 7.66. The molecule has 0 atom stereocenters. The minimum absolute atomic E-state index is 0. The second-order valence-corrected chi connectivity index (χ2v) is 20.6. The van der Waals surface area contributed by atoms with Crippen LogP contribution < -0.4 is 119 Å². The number of hydrogen-bond donors (Lipinski definition) is 1. The number of aliphatic hydroxyl groups is 1. The summed E-state index contributed by atoms with van der Waals surface area (Å²) in [5.74, 6) is -0.532. The van der Waals surface area contributed by atoms with Crippen LogP contribution in [0.4, 0.5) is 0 Å². The first-order chi connectivity index (χ1) is 41.6. The molecule has 0 aliphatic heterocycles. The van der Waals surface area contributed by atoms with Crippen molar-refractivity contribution in [1.29, 1.82) is 0 Å². The number of aromatic nitrogens is 6. The van der Waals surface area contributed by atoms with Gasteiger partial charge in [0.05, 0.1) is 11.8 Å². The molecule has 2 aromatic heterocycles. The van der Waals surface area contributed by atoms with Crippen LogP contribution in [0.25, 0.3) is 22.8 Å². The van der Waals surface area contributed by atoms with Crippen LogP contribution in [0.2, 0.25) is 0 Å². The van der Waals surface area contributed by atoms with Crippen LogP contribution in [0, 0.1) is 123 Å². The van der Waals surface area contributed by atoms with Crippen LogP contribution in [-0.2, 0) is 25.5 Å². The Morgan fingerprint density at radius 2 is 0.787 bits per heavy atom. The Hall–Kier alpha value is -6.85. The Bertz CT molecular complexity index is 3690. The Morgan fingerprint density at radius 3 is 1.15 bits per heavy atom. The third-order valence-corrected chi connectivity index (χ3v) is 12.9. The maximum Gasteiger partial charge on any atom is 1.00 e. The topological polar surface area (TPSA) is 293 Å². The summed E-state index contributed by atoms with van der Waals surface area (Å²) in [5, 5.41) is 40.5. The Labute approximate surface area is 615 Å². The summed E-state index contributed by atoms with van der Waals surface area (Å²) in [6, 6.07) is 41.9. The molecular weight excluding hydrogens is 1160 g/mol. The molecule has 472 valence electrons. The van der Waals surface area contributed by atoms with Crippen LogP contribution in [0.15, 0.2) is 127 Å². The fraction of sp³-hybridized carbons (Fsp3) is 0.282. The molecule has 0 bridgehead atoms. The Kier molecular flexibility index (Phi) is 52.5. The number of carboxylic acids is 2. The molecule has 18 nitrogen and oxygen atoms in total. The van der Waals surface area contributed by atoms with Gasteiger partial charge in [0.25, 0.3) is 0 Å². The minimum atomic E-state index is -1.43. The number of aromatic carboxylic acids is 1. The number of carbonyl (C=O) groups excluding carboxylic acids is 4. The van der Waals surface area contributed by atoms with Crippen LogP contribution in [-0.4, -0.2) is 79.3 Å². The zero-order valence-electron chi connectivity index (χ0n) is 58.9. The quantitative estimate of drug-likeness (QED) is 0.0765. The van der Waals surface area contributed by atoms with Gasteiger partial charge in [-0.2, -0.15) is 9.59 Å². The predicted molar refractivity (Wildman–Crippen MR) is 336 cm³/mol. The summed E-state index contributed by atoms with van der Waals surface area (Å²) in [6.45, 7) is 32.4. The second-order valence-electron chi connectivity index (χ2n) is 20.6. The smallest absolute Gasteiger partial charge is 0.902 e. The van der Waals surface area contributed by atoms with Gasteiger partial charge in [-0.3, -0.25) is 0 Å². The first-order valence-electron chi connectivity index (χ1n) is 27.7. The predicted octanol–water partition coefficient (Wildman–Crippen LogP) is -4.65. The average molecular weight is 1240 g/mol. The van der Waals surface area contributed by atoms with E-state index in [4.69, 9.17) is 28.9 Å². The van der Waals surface area contributed by atoms with Gasteiger partial charge in [-0.05, 0) is 190 Å². The van der Waals surface area contributed by atoms with E-state index in [1.807, 2.05) is 154 Å². The molecule has 0 fully saturated rings. The van der Waals surface area contributed by atoms with Gasteiger partial charge in [0.1, 0.15) is 11.5 Å². The third kappa shape index (κ3) is 37.3. The summed E-state index contributed by atoms with van der Waals surface area (Å²) in [4.78, 5) is 59.2. The molecule has 0 spiro atoms. The first-order valence-corrected chi connectivity index (χ1v) is 27.7. The minimum Gasteiger partial charge on any atom is -0.902 e. The average Bonchev–Trinajstić information content (AvgIpc) is 1.20. The molecule has 2 N–H and O–H groups in total. The number of carbonyl (C=O) groups is 2. The fourth-order valence-electron chi connectivity index (χ4n) is 7.66. The van der Waals surface area contributed by atoms with Gasteiger partial charge in [-0.15, -0.1) is 0 Å². The molecule has 0 aliphatic carbocycles. The molecule has 0 radical (unpaired) electrons. The molecule has 0 unspecified atom stereocenters. The monoisotopic (exact) mass is 1240 g/mol. The summed E-state index contributed by atoms with van der Waals surface area (Å²) in [6.07, 6.45) is 4.83. The maximum absolute atomic E-state index is 11.0. The molecule has 0 amide bonds. The normalized spacial score (nSPS) is 9.09. The van der Waals surface area contributed by atoms with Crippen LogP contribution >= 0.6 is 0 Å². The number of rotatable bonds is 10. The summed E-state index contributed by atoms with van der Waals surface area (Å²) < 4.78 is 15.1. The largest absolute Gasteiger partial charge is 1.00 e. The molecule has 2 heterocycles. The second kappa shape index (κ2) is 51.5. The van der Waals surface area contributed by atoms with Gasteiger partial charge in [-0.25, -0.2) is 0 Å². The van der Waals surface area contributed by atoms with Crippen molar-refractivity contribution < 1.29 is 154 Å². The van der Waals surface area contributed by atoms with Crippen molar-refractivity contribution >= 4 is 18.1 Å². The van der Waals surface area contributed by atoms with Crippen molar-refractivity contribution in [3.63, 3.8) is 0 Å². The van der Waals surface area contributed by atoms with Gasteiger partial charge < -0.3 is 79.6 Å². The van der Waals surface area contributed by atoms with Crippen LogP contribution in [0.3, 0.4) is 0 Å². The van der Waals surface area contributed by atoms with Gasteiger partial charge in [0.15, 0.2) is 13.6 Å². The van der Waals surface area contributed by atoms with E-state index in [1.54, 1.807) is 7.11 Å². The summed E-state index contributed by atoms with van der Waals surface area (Å²) >= 11 is 0.